The van der Waals surface area contributed by atoms with Gasteiger partial charge in [0.25, 0.3) is 0 Å². The predicted octanol–water partition coefficient (Wildman–Crippen LogP) is 1.91. The second kappa shape index (κ2) is 4.84. The van der Waals surface area contributed by atoms with Crippen molar-refractivity contribution in [1.29, 1.82) is 0 Å². The van der Waals surface area contributed by atoms with Crippen molar-refractivity contribution in [2.24, 2.45) is 0 Å². The van der Waals surface area contributed by atoms with E-state index in [1.54, 1.807) is 0 Å². The van der Waals surface area contributed by atoms with Crippen molar-refractivity contribution in [3.05, 3.63) is 0 Å². The number of rotatable bonds is 2. The quantitative estimate of drug-likeness (QED) is 0.735. The molecular weight excluding hydrogens is 223 g/mol. The fourth-order valence-corrected chi connectivity index (χ4v) is 1.97. The van der Waals surface area contributed by atoms with Crippen LogP contribution in [0, 0.1) is 0 Å². The molecule has 0 saturated carbocycles. The van der Waals surface area contributed by atoms with Gasteiger partial charge in [-0.1, -0.05) is 0 Å². The third kappa shape index (κ3) is 3.21. The maximum Gasteiger partial charge on any atom is 0.471 e. The Hall–Kier alpha value is -1.07. The van der Waals surface area contributed by atoms with Crippen LogP contribution in [0.1, 0.15) is 32.6 Å². The molecule has 0 bridgehead atoms. The zero-order valence-electron chi connectivity index (χ0n) is 9.01. The lowest BCUT2D eigenvalue weighted by atomic mass is 9.97. The van der Waals surface area contributed by atoms with Gasteiger partial charge in [0.1, 0.15) is 5.78 Å². The molecule has 1 saturated heterocycles. The lowest BCUT2D eigenvalue weighted by molar-refractivity contribution is -0.189. The Morgan fingerprint density at radius 1 is 1.31 bits per heavy atom. The smallest absolute Gasteiger partial charge is 0.331 e. The van der Waals surface area contributed by atoms with Crippen LogP contribution < -0.4 is 0 Å². The van der Waals surface area contributed by atoms with E-state index in [9.17, 15) is 22.8 Å². The van der Waals surface area contributed by atoms with E-state index < -0.39 is 18.1 Å². The highest BCUT2D eigenvalue weighted by Crippen LogP contribution is 2.26. The molecule has 1 heterocycles. The molecule has 1 amide bonds. The largest absolute Gasteiger partial charge is 0.471 e. The fourth-order valence-electron chi connectivity index (χ4n) is 1.97. The normalized spacial score (nSPS) is 22.0. The molecule has 0 aromatic rings. The molecule has 0 aromatic carbocycles. The van der Waals surface area contributed by atoms with Gasteiger partial charge in [-0.15, -0.1) is 0 Å². The first kappa shape index (κ1) is 13.0. The van der Waals surface area contributed by atoms with E-state index in [-0.39, 0.29) is 18.7 Å². The summed E-state index contributed by atoms with van der Waals surface area (Å²) in [5.41, 5.74) is 0. The zero-order chi connectivity index (χ0) is 12.3. The number of ketones is 1. The first-order valence-corrected chi connectivity index (χ1v) is 5.19. The highest BCUT2D eigenvalue weighted by Gasteiger charge is 2.45. The summed E-state index contributed by atoms with van der Waals surface area (Å²) in [5, 5.41) is 0. The number of carbonyl (C=O) groups is 2. The van der Waals surface area contributed by atoms with Gasteiger partial charge >= 0.3 is 12.1 Å². The van der Waals surface area contributed by atoms with Crippen LogP contribution >= 0.6 is 0 Å². The minimum absolute atomic E-state index is 0.0157. The number of alkyl halides is 3. The molecule has 1 aliphatic heterocycles. The van der Waals surface area contributed by atoms with Gasteiger partial charge in [-0.3, -0.25) is 9.59 Å². The van der Waals surface area contributed by atoms with Gasteiger partial charge < -0.3 is 4.90 Å². The second-order valence-electron chi connectivity index (χ2n) is 4.05. The van der Waals surface area contributed by atoms with Gasteiger partial charge in [0.2, 0.25) is 0 Å². The van der Waals surface area contributed by atoms with E-state index in [0.29, 0.717) is 12.8 Å². The maximum atomic E-state index is 12.3. The van der Waals surface area contributed by atoms with Crippen molar-refractivity contribution in [2.75, 3.05) is 6.54 Å². The molecule has 0 unspecified atom stereocenters. The van der Waals surface area contributed by atoms with Crippen LogP contribution in [-0.2, 0) is 9.59 Å². The highest BCUT2D eigenvalue weighted by atomic mass is 19.4. The molecule has 3 nitrogen and oxygen atoms in total. The summed E-state index contributed by atoms with van der Waals surface area (Å²) >= 11 is 0. The third-order valence-electron chi connectivity index (χ3n) is 2.65. The van der Waals surface area contributed by atoms with Gasteiger partial charge in [0.15, 0.2) is 0 Å². The van der Waals surface area contributed by atoms with Gasteiger partial charge in [-0.25, -0.2) is 0 Å². The molecule has 0 aromatic heterocycles. The van der Waals surface area contributed by atoms with E-state index in [2.05, 4.69) is 0 Å². The number of Topliss-reactive ketones (excluding diaryl/α,β-unsaturated/α-hetero) is 1. The molecule has 0 spiro atoms. The molecule has 92 valence electrons. The Kier molecular flexibility index (Phi) is 3.93. The highest BCUT2D eigenvalue weighted by molar-refractivity contribution is 5.83. The van der Waals surface area contributed by atoms with Crippen LogP contribution in [0.2, 0.25) is 0 Å². The molecule has 1 rings (SSSR count). The summed E-state index contributed by atoms with van der Waals surface area (Å²) < 4.78 is 36.8. The van der Waals surface area contributed by atoms with E-state index >= 15 is 0 Å². The van der Waals surface area contributed by atoms with Crippen LogP contribution in [-0.4, -0.2) is 35.4 Å². The maximum absolute atomic E-state index is 12.3. The number of halogens is 3. The fraction of sp³-hybridized carbons (Fsp3) is 0.800. The van der Waals surface area contributed by atoms with Crippen molar-refractivity contribution in [2.45, 2.75) is 44.8 Å². The number of amides is 1. The number of nitrogens with zero attached hydrogens (tertiary/aromatic N) is 1. The number of piperidine rings is 1. The topological polar surface area (TPSA) is 37.4 Å². The Balaban J connectivity index is 2.74. The number of hydrogen-bond donors (Lipinski definition) is 0. The standard InChI is InChI=1S/C10H14F3NO2/c1-7(15)6-8-4-2-3-5-14(8)9(16)10(11,12)13/h8H,2-6H2,1H3/t8-/m1/s1. The van der Waals surface area contributed by atoms with E-state index in [1.807, 2.05) is 0 Å². The molecule has 0 radical (unpaired) electrons. The Morgan fingerprint density at radius 3 is 2.44 bits per heavy atom. The van der Waals surface area contributed by atoms with Crippen LogP contribution in [0.15, 0.2) is 0 Å². The van der Waals surface area contributed by atoms with Crippen molar-refractivity contribution in [3.8, 4) is 0 Å². The van der Waals surface area contributed by atoms with Crippen molar-refractivity contribution in [3.63, 3.8) is 0 Å². The first-order chi connectivity index (χ1) is 7.32. The molecule has 0 N–H and O–H groups in total. The molecule has 1 aliphatic rings. The molecule has 6 heteroatoms. The zero-order valence-corrected chi connectivity index (χ0v) is 9.01. The van der Waals surface area contributed by atoms with Gasteiger partial charge in [0, 0.05) is 19.0 Å². The van der Waals surface area contributed by atoms with Gasteiger partial charge in [0.05, 0.1) is 0 Å². The Morgan fingerprint density at radius 2 is 1.94 bits per heavy atom. The minimum Gasteiger partial charge on any atom is -0.331 e. The number of hydrogen-bond acceptors (Lipinski definition) is 2. The lowest BCUT2D eigenvalue weighted by Crippen LogP contribution is -2.50. The summed E-state index contributed by atoms with van der Waals surface area (Å²) in [7, 11) is 0. The predicted molar refractivity (Wildman–Crippen MR) is 50.7 cm³/mol. The lowest BCUT2D eigenvalue weighted by Gasteiger charge is -2.35. The van der Waals surface area contributed by atoms with Crippen molar-refractivity contribution < 1.29 is 22.8 Å². The third-order valence-corrected chi connectivity index (χ3v) is 2.65. The van der Waals surface area contributed by atoms with Gasteiger partial charge in [-0.2, -0.15) is 13.2 Å². The van der Waals surface area contributed by atoms with Crippen LogP contribution in [0.25, 0.3) is 0 Å². The molecule has 16 heavy (non-hydrogen) atoms. The van der Waals surface area contributed by atoms with E-state index in [0.717, 1.165) is 11.3 Å². The first-order valence-electron chi connectivity index (χ1n) is 5.19. The Bertz CT molecular complexity index is 288. The van der Waals surface area contributed by atoms with Crippen LogP contribution in [0.3, 0.4) is 0 Å². The molecule has 1 atom stereocenters. The van der Waals surface area contributed by atoms with Crippen LogP contribution in [0.4, 0.5) is 13.2 Å². The molecular formula is C10H14F3NO2. The summed E-state index contributed by atoms with van der Waals surface area (Å²) in [4.78, 5) is 22.8. The van der Waals surface area contributed by atoms with Crippen LogP contribution in [0.5, 0.6) is 0 Å². The summed E-state index contributed by atoms with van der Waals surface area (Å²) in [6, 6.07) is -0.583. The average Bonchev–Trinajstić information content (AvgIpc) is 2.15. The minimum atomic E-state index is -4.84. The summed E-state index contributed by atoms with van der Waals surface area (Å²) in [6.07, 6.45) is -3.02. The van der Waals surface area contributed by atoms with E-state index in [4.69, 9.17) is 0 Å². The second-order valence-corrected chi connectivity index (χ2v) is 4.05. The molecule has 0 aliphatic carbocycles. The van der Waals surface area contributed by atoms with Crippen molar-refractivity contribution >= 4 is 11.7 Å². The van der Waals surface area contributed by atoms with Gasteiger partial charge in [-0.05, 0) is 26.2 Å². The number of carbonyl (C=O) groups excluding carboxylic acids is 2. The summed E-state index contributed by atoms with van der Waals surface area (Å²) in [5.74, 6) is -2.01. The number of likely N-dealkylation sites (tertiary alicyclic amines) is 1. The van der Waals surface area contributed by atoms with E-state index in [1.165, 1.54) is 6.92 Å². The summed E-state index contributed by atoms with van der Waals surface area (Å²) in [6.45, 7) is 1.42. The molecule has 1 fully saturated rings. The SMILES string of the molecule is CC(=O)C[C@H]1CCCCN1C(=O)C(F)(F)F. The monoisotopic (exact) mass is 237 g/mol. The van der Waals surface area contributed by atoms with Crippen molar-refractivity contribution in [1.82, 2.24) is 4.90 Å². The average molecular weight is 237 g/mol. The Labute approximate surface area is 91.6 Å².